The normalized spacial score (nSPS) is 13.4. The van der Waals surface area contributed by atoms with Crippen LogP contribution in [0.4, 0.5) is 10.7 Å². The van der Waals surface area contributed by atoms with Crippen LogP contribution in [0.5, 0.6) is 0 Å². The maximum absolute atomic E-state index is 13.5. The van der Waals surface area contributed by atoms with Gasteiger partial charge >= 0.3 is 5.97 Å². The van der Waals surface area contributed by atoms with E-state index in [-0.39, 0.29) is 30.7 Å². The highest BCUT2D eigenvalue weighted by Crippen LogP contribution is 2.38. The third-order valence-corrected chi connectivity index (χ3v) is 10.1. The van der Waals surface area contributed by atoms with E-state index in [2.05, 4.69) is 20.8 Å². The molecule has 4 aromatic rings. The van der Waals surface area contributed by atoms with Crippen molar-refractivity contribution in [1.29, 1.82) is 0 Å². The largest absolute Gasteiger partial charge is 0.462 e. The zero-order valence-corrected chi connectivity index (χ0v) is 26.5. The number of esters is 1. The van der Waals surface area contributed by atoms with E-state index >= 15 is 0 Å². The van der Waals surface area contributed by atoms with Gasteiger partial charge in [0.15, 0.2) is 11.0 Å². The second kappa shape index (κ2) is 14.1. The second-order valence-electron chi connectivity index (χ2n) is 9.91. The van der Waals surface area contributed by atoms with E-state index in [1.165, 1.54) is 34.8 Å². The molecule has 2 N–H and O–H groups in total. The van der Waals surface area contributed by atoms with Crippen LogP contribution >= 0.6 is 34.4 Å². The number of thiophene rings is 2. The number of ether oxygens (including phenoxy) is 1. The summed E-state index contributed by atoms with van der Waals surface area (Å²) in [6, 6.07) is 9.35. The molecule has 2 amide bonds. The number of benzene rings is 1. The minimum Gasteiger partial charge on any atom is -0.462 e. The molecule has 0 radical (unpaired) electrons. The Morgan fingerprint density at radius 1 is 1.14 bits per heavy atom. The van der Waals surface area contributed by atoms with Crippen LogP contribution in [0.25, 0.3) is 5.69 Å². The van der Waals surface area contributed by atoms with Crippen LogP contribution in [-0.4, -0.2) is 49.3 Å². The summed E-state index contributed by atoms with van der Waals surface area (Å²) in [5.41, 5.74) is 1.86. The first-order valence-electron chi connectivity index (χ1n) is 14.1. The number of nitro groups is 1. The van der Waals surface area contributed by atoms with Crippen LogP contribution < -0.4 is 10.6 Å². The van der Waals surface area contributed by atoms with Gasteiger partial charge in [-0.15, -0.1) is 32.9 Å². The SMILES string of the molecule is CCOC(=O)c1c(NC(=O)[C@H](C)Sc2nnc(CNC(=O)c3cccs3)n2-c2ccc([N+](=O)[O-])cc2)sc2c1CCCCC2. The standard InChI is InChI=1S/C29H30N6O6S3/c1-3-41-28(38)24-20-8-5-4-6-9-21(20)44-27(24)31-25(36)17(2)43-29-33-32-23(16-30-26(37)22-10-7-15-42-22)34(29)18-11-13-19(14-12-18)35(39)40/h7,10-15,17H,3-6,8-9,16H2,1-2H3,(H,30,37)(H,31,36)/t17-/m0/s1. The van der Waals surface area contributed by atoms with Crippen LogP contribution in [0.15, 0.2) is 46.9 Å². The van der Waals surface area contributed by atoms with Gasteiger partial charge in [-0.25, -0.2) is 4.79 Å². The molecular formula is C29H30N6O6S3. The lowest BCUT2D eigenvalue weighted by atomic mass is 10.1. The fraction of sp³-hybridized carbons (Fsp3) is 0.345. The number of aromatic nitrogens is 3. The summed E-state index contributed by atoms with van der Waals surface area (Å²) < 4.78 is 7.00. The maximum Gasteiger partial charge on any atom is 0.341 e. The van der Waals surface area contributed by atoms with Gasteiger partial charge in [0.2, 0.25) is 5.91 Å². The quantitative estimate of drug-likeness (QED) is 0.0671. The zero-order chi connectivity index (χ0) is 31.2. The number of amides is 2. The van der Waals surface area contributed by atoms with Crippen molar-refractivity contribution in [2.24, 2.45) is 0 Å². The van der Waals surface area contributed by atoms with Gasteiger partial charge in [-0.05, 0) is 68.7 Å². The molecule has 1 atom stereocenters. The Balaban J connectivity index is 1.39. The molecular weight excluding hydrogens is 625 g/mol. The minimum absolute atomic E-state index is 0.0332. The van der Waals surface area contributed by atoms with Crippen LogP contribution in [0, 0.1) is 10.1 Å². The van der Waals surface area contributed by atoms with E-state index in [1.54, 1.807) is 48.1 Å². The van der Waals surface area contributed by atoms with E-state index < -0.39 is 16.1 Å². The molecule has 0 bridgehead atoms. The molecule has 0 saturated carbocycles. The molecule has 1 aliphatic carbocycles. The summed E-state index contributed by atoms with van der Waals surface area (Å²) in [6.07, 6.45) is 4.73. The summed E-state index contributed by atoms with van der Waals surface area (Å²) in [5, 5.41) is 27.6. The summed E-state index contributed by atoms with van der Waals surface area (Å²) >= 11 is 3.88. The molecule has 0 unspecified atom stereocenters. The number of carbonyl (C=O) groups is 3. The Bertz CT molecular complexity index is 1670. The number of nitrogens with zero attached hydrogens (tertiary/aromatic N) is 4. The number of rotatable bonds is 11. The molecule has 0 spiro atoms. The van der Waals surface area contributed by atoms with Crippen LogP contribution in [0.2, 0.25) is 0 Å². The number of nitrogens with one attached hydrogen (secondary N) is 2. The van der Waals surface area contributed by atoms with Crippen molar-refractivity contribution in [2.75, 3.05) is 11.9 Å². The lowest BCUT2D eigenvalue weighted by molar-refractivity contribution is -0.384. The van der Waals surface area contributed by atoms with Crippen LogP contribution in [-0.2, 0) is 28.9 Å². The van der Waals surface area contributed by atoms with Gasteiger partial charge in [-0.1, -0.05) is 24.2 Å². The average molecular weight is 655 g/mol. The Morgan fingerprint density at radius 2 is 1.91 bits per heavy atom. The topological polar surface area (TPSA) is 158 Å². The number of hydrogen-bond donors (Lipinski definition) is 2. The molecule has 0 fully saturated rings. The van der Waals surface area contributed by atoms with Crippen molar-refractivity contribution in [3.8, 4) is 5.69 Å². The Kier molecular flexibility index (Phi) is 10.1. The van der Waals surface area contributed by atoms with E-state index in [9.17, 15) is 24.5 Å². The van der Waals surface area contributed by atoms with Crippen molar-refractivity contribution >= 4 is 62.9 Å². The van der Waals surface area contributed by atoms with Crippen LogP contribution in [0.1, 0.15) is 69.4 Å². The first-order valence-corrected chi connectivity index (χ1v) is 16.6. The van der Waals surface area contributed by atoms with Gasteiger partial charge in [-0.2, -0.15) is 0 Å². The maximum atomic E-state index is 13.5. The lowest BCUT2D eigenvalue weighted by Gasteiger charge is -2.14. The molecule has 3 heterocycles. The van der Waals surface area contributed by atoms with E-state index in [0.29, 0.717) is 32.1 Å². The highest BCUT2D eigenvalue weighted by molar-refractivity contribution is 8.00. The predicted molar refractivity (Wildman–Crippen MR) is 169 cm³/mol. The molecule has 1 aliphatic rings. The number of carbonyl (C=O) groups excluding carboxylic acids is 3. The van der Waals surface area contributed by atoms with Crippen molar-refractivity contribution < 1.29 is 24.0 Å². The highest BCUT2D eigenvalue weighted by Gasteiger charge is 2.29. The molecule has 5 rings (SSSR count). The van der Waals surface area contributed by atoms with Gasteiger partial charge < -0.3 is 15.4 Å². The smallest absolute Gasteiger partial charge is 0.341 e. The molecule has 12 nitrogen and oxygen atoms in total. The summed E-state index contributed by atoms with van der Waals surface area (Å²) in [5.74, 6) is -0.658. The van der Waals surface area contributed by atoms with Crippen LogP contribution in [0.3, 0.4) is 0 Å². The Labute approximate surface area is 265 Å². The van der Waals surface area contributed by atoms with Gasteiger partial charge in [0, 0.05) is 22.7 Å². The third kappa shape index (κ3) is 7.00. The average Bonchev–Trinajstić information content (AvgIpc) is 3.72. The number of hydrogen-bond acceptors (Lipinski definition) is 11. The zero-order valence-electron chi connectivity index (χ0n) is 24.0. The summed E-state index contributed by atoms with van der Waals surface area (Å²) in [7, 11) is 0. The Hall–Kier alpha value is -4.08. The summed E-state index contributed by atoms with van der Waals surface area (Å²) in [6.45, 7) is 3.74. The minimum atomic E-state index is -0.665. The molecule has 230 valence electrons. The lowest BCUT2D eigenvalue weighted by Crippen LogP contribution is -2.25. The second-order valence-corrected chi connectivity index (χ2v) is 13.3. The number of non-ortho nitro benzene ring substituents is 1. The van der Waals surface area contributed by atoms with Gasteiger partial charge in [0.25, 0.3) is 11.6 Å². The fourth-order valence-electron chi connectivity index (χ4n) is 4.80. The monoisotopic (exact) mass is 654 g/mol. The number of fused-ring (bicyclic) bond motifs is 1. The highest BCUT2D eigenvalue weighted by atomic mass is 32.2. The molecule has 3 aromatic heterocycles. The molecule has 44 heavy (non-hydrogen) atoms. The number of anilines is 1. The van der Waals surface area contributed by atoms with Crippen molar-refractivity contribution in [1.82, 2.24) is 20.1 Å². The predicted octanol–water partition coefficient (Wildman–Crippen LogP) is 5.79. The van der Waals surface area contributed by atoms with Crippen molar-refractivity contribution in [3.05, 3.63) is 78.6 Å². The van der Waals surface area contributed by atoms with Gasteiger partial charge in [0.1, 0.15) is 5.00 Å². The first-order chi connectivity index (χ1) is 21.3. The first kappa shape index (κ1) is 31.3. The van der Waals surface area contributed by atoms with Crippen molar-refractivity contribution in [3.63, 3.8) is 0 Å². The number of aryl methyl sites for hydroxylation is 1. The van der Waals surface area contributed by atoms with Crippen molar-refractivity contribution in [2.45, 2.75) is 62.9 Å². The molecule has 15 heteroatoms. The molecule has 0 aliphatic heterocycles. The molecule has 0 saturated heterocycles. The van der Waals surface area contributed by atoms with Gasteiger partial charge in [-0.3, -0.25) is 24.3 Å². The third-order valence-electron chi connectivity index (χ3n) is 6.96. The fourth-order valence-corrected chi connectivity index (χ4v) is 7.61. The van der Waals surface area contributed by atoms with E-state index in [1.807, 2.05) is 0 Å². The van der Waals surface area contributed by atoms with E-state index in [4.69, 9.17) is 4.74 Å². The molecule has 1 aromatic carbocycles. The van der Waals surface area contributed by atoms with E-state index in [0.717, 1.165) is 54.3 Å². The number of thioether (sulfide) groups is 1. The Morgan fingerprint density at radius 3 is 2.61 bits per heavy atom. The van der Waals surface area contributed by atoms with Gasteiger partial charge in [0.05, 0.1) is 33.8 Å². The number of nitro benzene ring substituents is 1. The summed E-state index contributed by atoms with van der Waals surface area (Å²) in [4.78, 5) is 51.4.